The zero-order valence-electron chi connectivity index (χ0n) is 10.7. The first-order valence-electron chi connectivity index (χ1n) is 6.15. The van der Waals surface area contributed by atoms with Crippen molar-refractivity contribution in [3.8, 4) is 6.07 Å². The molecule has 1 aliphatic rings. The van der Waals surface area contributed by atoms with Crippen molar-refractivity contribution in [1.29, 1.82) is 5.26 Å². The molecule has 0 bridgehead atoms. The van der Waals surface area contributed by atoms with Gasteiger partial charge in [0, 0.05) is 21.4 Å². The number of nitrogens with zero attached hydrogens (tertiary/aromatic N) is 1. The molecule has 2 N–H and O–H groups in total. The number of carbonyl (C=O) groups excluding carboxylic acids is 1. The van der Waals surface area contributed by atoms with E-state index in [1.54, 1.807) is 18.2 Å². The Bertz CT molecular complexity index is 785. The van der Waals surface area contributed by atoms with E-state index in [-0.39, 0.29) is 5.91 Å². The van der Waals surface area contributed by atoms with Gasteiger partial charge < -0.3 is 10.6 Å². The maximum Gasteiger partial charge on any atom is 0.251 e. The molecule has 1 atom stereocenters. The van der Waals surface area contributed by atoms with Gasteiger partial charge in [0.15, 0.2) is 0 Å². The third kappa shape index (κ3) is 2.60. The third-order valence-electron chi connectivity index (χ3n) is 3.24. The van der Waals surface area contributed by atoms with Crippen molar-refractivity contribution in [2.45, 2.75) is 6.04 Å². The fourth-order valence-electron chi connectivity index (χ4n) is 2.24. The summed E-state index contributed by atoms with van der Waals surface area (Å²) in [7, 11) is 0. The molecule has 6 heteroatoms. The summed E-state index contributed by atoms with van der Waals surface area (Å²) in [5.41, 5.74) is 2.69. The predicted molar refractivity (Wildman–Crippen MR) is 85.3 cm³/mol. The van der Waals surface area contributed by atoms with E-state index < -0.39 is 6.04 Å². The van der Waals surface area contributed by atoms with Crippen molar-refractivity contribution < 1.29 is 4.79 Å². The van der Waals surface area contributed by atoms with Crippen molar-refractivity contribution in [2.75, 3.05) is 10.6 Å². The van der Waals surface area contributed by atoms with E-state index in [2.05, 4.69) is 26.6 Å². The van der Waals surface area contributed by atoms with Gasteiger partial charge in [0.2, 0.25) is 0 Å². The van der Waals surface area contributed by atoms with Gasteiger partial charge >= 0.3 is 0 Å². The van der Waals surface area contributed by atoms with Gasteiger partial charge in [-0.2, -0.15) is 5.26 Å². The number of halogens is 2. The van der Waals surface area contributed by atoms with Crippen LogP contribution in [0, 0.1) is 11.3 Å². The maximum atomic E-state index is 12.1. The van der Waals surface area contributed by atoms with Crippen LogP contribution in [0.5, 0.6) is 0 Å². The number of nitriles is 1. The molecule has 0 saturated carbocycles. The number of rotatable bonds is 2. The Morgan fingerprint density at radius 2 is 2.10 bits per heavy atom. The minimum atomic E-state index is -0.495. The highest BCUT2D eigenvalue weighted by Gasteiger charge is 2.30. The molecule has 0 saturated heterocycles. The standard InChI is InChI=1S/C15H9BrClN3O/c16-9-1-4-13-11(6-9)14(15(21)20-13)19-10-2-3-12(17)8(5-10)7-18/h1-6,14,19H,(H,20,21). The zero-order valence-corrected chi connectivity index (χ0v) is 13.0. The minimum absolute atomic E-state index is 0.128. The summed E-state index contributed by atoms with van der Waals surface area (Å²) in [6.45, 7) is 0. The second-order valence-corrected chi connectivity index (χ2v) is 5.93. The number of hydrogen-bond acceptors (Lipinski definition) is 3. The molecule has 1 heterocycles. The van der Waals surface area contributed by atoms with Crippen molar-refractivity contribution >= 4 is 44.8 Å². The van der Waals surface area contributed by atoms with Crippen molar-refractivity contribution in [3.05, 3.63) is 57.0 Å². The van der Waals surface area contributed by atoms with Gasteiger partial charge in [-0.1, -0.05) is 27.5 Å². The smallest absolute Gasteiger partial charge is 0.251 e. The van der Waals surface area contributed by atoms with Gasteiger partial charge in [-0.25, -0.2) is 0 Å². The number of fused-ring (bicyclic) bond motifs is 1. The molecule has 1 amide bonds. The number of hydrogen-bond donors (Lipinski definition) is 2. The van der Waals surface area contributed by atoms with E-state index in [9.17, 15) is 4.79 Å². The lowest BCUT2D eigenvalue weighted by atomic mass is 10.1. The highest BCUT2D eigenvalue weighted by molar-refractivity contribution is 9.10. The summed E-state index contributed by atoms with van der Waals surface area (Å²) < 4.78 is 0.901. The minimum Gasteiger partial charge on any atom is -0.370 e. The SMILES string of the molecule is N#Cc1cc(NC2C(=O)Nc3ccc(Br)cc32)ccc1Cl. The number of nitrogens with one attached hydrogen (secondary N) is 2. The lowest BCUT2D eigenvalue weighted by Gasteiger charge is -2.13. The summed E-state index contributed by atoms with van der Waals surface area (Å²) in [4.78, 5) is 12.1. The van der Waals surface area contributed by atoms with Gasteiger partial charge in [-0.3, -0.25) is 4.79 Å². The first kappa shape index (κ1) is 13.9. The quantitative estimate of drug-likeness (QED) is 0.846. The van der Waals surface area contributed by atoms with E-state index >= 15 is 0 Å². The van der Waals surface area contributed by atoms with E-state index in [4.69, 9.17) is 16.9 Å². The van der Waals surface area contributed by atoms with Crippen LogP contribution in [0.1, 0.15) is 17.2 Å². The van der Waals surface area contributed by atoms with Crippen LogP contribution in [0.2, 0.25) is 5.02 Å². The van der Waals surface area contributed by atoms with Crippen LogP contribution in [-0.4, -0.2) is 5.91 Å². The highest BCUT2D eigenvalue weighted by atomic mass is 79.9. The predicted octanol–water partition coefficient (Wildman–Crippen LogP) is 4.08. The topological polar surface area (TPSA) is 64.9 Å². The van der Waals surface area contributed by atoms with Crippen LogP contribution in [0.25, 0.3) is 0 Å². The molecule has 2 aromatic carbocycles. The molecule has 4 nitrogen and oxygen atoms in total. The summed E-state index contributed by atoms with van der Waals surface area (Å²) >= 11 is 9.31. The monoisotopic (exact) mass is 361 g/mol. The Balaban J connectivity index is 1.94. The molecule has 1 aliphatic heterocycles. The molecule has 21 heavy (non-hydrogen) atoms. The molecule has 2 aromatic rings. The zero-order chi connectivity index (χ0) is 15.0. The molecule has 3 rings (SSSR count). The fourth-order valence-corrected chi connectivity index (χ4v) is 2.78. The Morgan fingerprint density at radius 3 is 2.86 bits per heavy atom. The van der Waals surface area contributed by atoms with Gasteiger partial charge in [-0.15, -0.1) is 0 Å². The number of carbonyl (C=O) groups is 1. The molecular formula is C15H9BrClN3O. The highest BCUT2D eigenvalue weighted by Crippen LogP contribution is 2.35. The molecule has 1 unspecified atom stereocenters. The molecule has 0 fully saturated rings. The second-order valence-electron chi connectivity index (χ2n) is 4.60. The first-order chi connectivity index (χ1) is 10.1. The molecule has 0 aliphatic carbocycles. The Kier molecular flexibility index (Phi) is 3.58. The van der Waals surface area contributed by atoms with Crippen LogP contribution >= 0.6 is 27.5 Å². The van der Waals surface area contributed by atoms with Gasteiger partial charge in [0.1, 0.15) is 12.1 Å². The van der Waals surface area contributed by atoms with Crippen LogP contribution < -0.4 is 10.6 Å². The summed E-state index contributed by atoms with van der Waals surface area (Å²) in [5, 5.41) is 15.3. The van der Waals surface area contributed by atoms with Crippen LogP contribution in [-0.2, 0) is 4.79 Å². The summed E-state index contributed by atoms with van der Waals surface area (Å²) in [6, 6.07) is 12.2. The van der Waals surface area contributed by atoms with Crippen molar-refractivity contribution in [3.63, 3.8) is 0 Å². The van der Waals surface area contributed by atoms with Crippen molar-refractivity contribution in [2.24, 2.45) is 0 Å². The van der Waals surface area contributed by atoms with E-state index in [1.165, 1.54) is 0 Å². The van der Waals surface area contributed by atoms with Gasteiger partial charge in [0.05, 0.1) is 10.6 Å². The second kappa shape index (κ2) is 5.40. The largest absolute Gasteiger partial charge is 0.370 e. The maximum absolute atomic E-state index is 12.1. The average molecular weight is 363 g/mol. The fraction of sp³-hybridized carbons (Fsp3) is 0.0667. The Hall–Kier alpha value is -2.03. The normalized spacial score (nSPS) is 16.0. The molecule has 0 radical (unpaired) electrons. The summed E-state index contributed by atoms with van der Waals surface area (Å²) in [5.74, 6) is -0.128. The van der Waals surface area contributed by atoms with Crippen molar-refractivity contribution in [1.82, 2.24) is 0 Å². The summed E-state index contributed by atoms with van der Waals surface area (Å²) in [6.07, 6.45) is 0. The van der Waals surface area contributed by atoms with Gasteiger partial charge in [-0.05, 0) is 36.4 Å². The van der Waals surface area contributed by atoms with Gasteiger partial charge in [0.25, 0.3) is 5.91 Å². The van der Waals surface area contributed by atoms with E-state index in [0.717, 1.165) is 15.7 Å². The number of benzene rings is 2. The van der Waals surface area contributed by atoms with E-state index in [0.29, 0.717) is 16.3 Å². The third-order valence-corrected chi connectivity index (χ3v) is 4.07. The molecule has 0 aromatic heterocycles. The van der Waals surface area contributed by atoms with Crippen LogP contribution in [0.15, 0.2) is 40.9 Å². The lowest BCUT2D eigenvalue weighted by molar-refractivity contribution is -0.116. The Labute approximate surface area is 134 Å². The molecular weight excluding hydrogens is 354 g/mol. The van der Waals surface area contributed by atoms with Crippen LogP contribution in [0.4, 0.5) is 11.4 Å². The number of amides is 1. The molecule has 104 valence electrons. The average Bonchev–Trinajstić information content (AvgIpc) is 2.77. The molecule has 0 spiro atoms. The number of anilines is 2. The van der Waals surface area contributed by atoms with Crippen LogP contribution in [0.3, 0.4) is 0 Å². The lowest BCUT2D eigenvalue weighted by Crippen LogP contribution is -2.19. The van der Waals surface area contributed by atoms with E-state index in [1.807, 2.05) is 24.3 Å². The first-order valence-corrected chi connectivity index (χ1v) is 7.32. The Morgan fingerprint density at radius 1 is 1.29 bits per heavy atom.